The second kappa shape index (κ2) is 10.6. The van der Waals surface area contributed by atoms with Gasteiger partial charge in [0.25, 0.3) is 11.8 Å². The highest BCUT2D eigenvalue weighted by molar-refractivity contribution is 7.18. The van der Waals surface area contributed by atoms with Crippen LogP contribution in [0.15, 0.2) is 18.2 Å². The van der Waals surface area contributed by atoms with E-state index in [1.54, 1.807) is 27.9 Å². The number of thiophene rings is 1. The van der Waals surface area contributed by atoms with E-state index in [9.17, 15) is 19.2 Å². The Hall–Kier alpha value is -2.62. The molecule has 0 aliphatic carbocycles. The first-order valence-electron chi connectivity index (χ1n) is 9.00. The maximum absolute atomic E-state index is 12.4. The summed E-state index contributed by atoms with van der Waals surface area (Å²) in [4.78, 5) is 50.9. The fraction of sp³-hybridized carbons (Fsp3) is 0.300. The van der Waals surface area contributed by atoms with E-state index in [1.165, 1.54) is 23.1 Å². The molecular formula is C20H20Cl2N2O6S. The number of esters is 2. The highest BCUT2D eigenvalue weighted by Gasteiger charge is 2.27. The van der Waals surface area contributed by atoms with Gasteiger partial charge in [0.2, 0.25) is 0 Å². The lowest BCUT2D eigenvalue weighted by atomic mass is 10.1. The van der Waals surface area contributed by atoms with Crippen molar-refractivity contribution in [1.29, 1.82) is 0 Å². The van der Waals surface area contributed by atoms with Gasteiger partial charge in [-0.05, 0) is 37.6 Å². The van der Waals surface area contributed by atoms with Gasteiger partial charge >= 0.3 is 11.9 Å². The van der Waals surface area contributed by atoms with Crippen molar-refractivity contribution >= 4 is 63.3 Å². The Kier molecular flexibility index (Phi) is 8.43. The lowest BCUT2D eigenvalue weighted by molar-refractivity contribution is -0.119. The number of nitrogens with zero attached hydrogens (tertiary/aromatic N) is 1. The van der Waals surface area contributed by atoms with Crippen LogP contribution < -0.4 is 5.32 Å². The molecule has 0 unspecified atom stereocenters. The molecule has 1 heterocycles. The van der Waals surface area contributed by atoms with Gasteiger partial charge in [0.1, 0.15) is 5.00 Å². The van der Waals surface area contributed by atoms with Gasteiger partial charge in [-0.3, -0.25) is 9.59 Å². The molecule has 0 spiro atoms. The van der Waals surface area contributed by atoms with E-state index < -0.39 is 24.5 Å². The van der Waals surface area contributed by atoms with Crippen molar-refractivity contribution in [2.24, 2.45) is 0 Å². The van der Waals surface area contributed by atoms with Gasteiger partial charge in [-0.2, -0.15) is 0 Å². The maximum Gasteiger partial charge on any atom is 0.341 e. The highest BCUT2D eigenvalue weighted by atomic mass is 35.5. The summed E-state index contributed by atoms with van der Waals surface area (Å²) >= 11 is 12.7. The molecule has 2 amide bonds. The lowest BCUT2D eigenvalue weighted by Crippen LogP contribution is -2.22. The molecule has 0 saturated carbocycles. The van der Waals surface area contributed by atoms with Crippen molar-refractivity contribution in [2.75, 3.05) is 32.6 Å². The molecule has 2 rings (SSSR count). The van der Waals surface area contributed by atoms with Gasteiger partial charge < -0.3 is 19.7 Å². The van der Waals surface area contributed by atoms with Crippen LogP contribution in [0.3, 0.4) is 0 Å². The minimum atomic E-state index is -0.795. The number of hydrogen-bond donors (Lipinski definition) is 1. The van der Waals surface area contributed by atoms with Crippen molar-refractivity contribution in [1.82, 2.24) is 4.90 Å². The minimum Gasteiger partial charge on any atom is -0.462 e. The fourth-order valence-electron chi connectivity index (χ4n) is 2.51. The summed E-state index contributed by atoms with van der Waals surface area (Å²) in [7, 11) is 3.15. The van der Waals surface area contributed by atoms with Gasteiger partial charge in [-0.25, -0.2) is 9.59 Å². The highest BCUT2D eigenvalue weighted by Crippen LogP contribution is 2.34. The first kappa shape index (κ1) is 24.6. The molecule has 0 saturated heterocycles. The number of halogens is 2. The Morgan fingerprint density at radius 3 is 2.19 bits per heavy atom. The second-order valence-electron chi connectivity index (χ2n) is 6.46. The fourth-order valence-corrected chi connectivity index (χ4v) is 4.27. The monoisotopic (exact) mass is 486 g/mol. The lowest BCUT2D eigenvalue weighted by Gasteiger charge is -2.09. The Labute approximate surface area is 193 Å². The summed E-state index contributed by atoms with van der Waals surface area (Å²) < 4.78 is 10.0. The van der Waals surface area contributed by atoms with E-state index in [-0.39, 0.29) is 43.6 Å². The molecule has 2 aromatic rings. The third kappa shape index (κ3) is 6.19. The number of ether oxygens (including phenoxy) is 2. The Balaban J connectivity index is 2.19. The molecule has 1 aromatic carbocycles. The molecule has 1 aromatic heterocycles. The molecule has 11 heteroatoms. The van der Waals surface area contributed by atoms with Gasteiger partial charge in [-0.1, -0.05) is 23.2 Å². The normalized spacial score (nSPS) is 10.4. The minimum absolute atomic E-state index is 0.0818. The Morgan fingerprint density at radius 1 is 1.03 bits per heavy atom. The van der Waals surface area contributed by atoms with E-state index in [4.69, 9.17) is 32.7 Å². The van der Waals surface area contributed by atoms with Crippen molar-refractivity contribution < 1.29 is 28.7 Å². The summed E-state index contributed by atoms with van der Waals surface area (Å²) in [6.07, 6.45) is 0. The van der Waals surface area contributed by atoms with Crippen LogP contribution in [0.5, 0.6) is 0 Å². The van der Waals surface area contributed by atoms with Crippen LogP contribution in [-0.2, 0) is 14.3 Å². The second-order valence-corrected chi connectivity index (χ2v) is 8.36. The van der Waals surface area contributed by atoms with E-state index >= 15 is 0 Å². The van der Waals surface area contributed by atoms with Crippen LogP contribution in [0.1, 0.15) is 42.9 Å². The third-order valence-corrected chi connectivity index (χ3v) is 5.54. The molecular weight excluding hydrogens is 467 g/mol. The van der Waals surface area contributed by atoms with Crippen molar-refractivity contribution in [3.8, 4) is 0 Å². The first-order valence-corrected chi connectivity index (χ1v) is 10.6. The Bertz CT molecular complexity index is 1010. The number of hydrogen-bond acceptors (Lipinski definition) is 7. The molecule has 0 fully saturated rings. The smallest absolute Gasteiger partial charge is 0.341 e. The number of anilines is 1. The zero-order chi connectivity index (χ0) is 23.3. The number of nitrogens with one attached hydrogen (secondary N) is 1. The summed E-state index contributed by atoms with van der Waals surface area (Å²) in [6, 6.07) is 4.16. The molecule has 31 heavy (non-hydrogen) atoms. The predicted molar refractivity (Wildman–Crippen MR) is 118 cm³/mol. The summed E-state index contributed by atoms with van der Waals surface area (Å²) in [5, 5.41) is 3.14. The summed E-state index contributed by atoms with van der Waals surface area (Å²) in [6.45, 7) is 2.74. The molecule has 1 N–H and O–H groups in total. The van der Waals surface area contributed by atoms with Crippen molar-refractivity contribution in [3.05, 3.63) is 49.8 Å². The molecule has 0 aliphatic rings. The Morgan fingerprint density at radius 2 is 1.65 bits per heavy atom. The van der Waals surface area contributed by atoms with Crippen molar-refractivity contribution in [2.45, 2.75) is 13.8 Å². The van der Waals surface area contributed by atoms with Crippen molar-refractivity contribution in [3.63, 3.8) is 0 Å². The SMILES string of the molecule is CCOC(=O)c1c(NC(=O)COC(=O)c2cc(Cl)cc(Cl)c2)sc(C(=O)N(C)C)c1C. The molecule has 0 atom stereocenters. The topological polar surface area (TPSA) is 102 Å². The van der Waals surface area contributed by atoms with E-state index in [2.05, 4.69) is 5.32 Å². The van der Waals surface area contributed by atoms with Crippen LogP contribution in [0, 0.1) is 6.92 Å². The quantitative estimate of drug-likeness (QED) is 0.592. The van der Waals surface area contributed by atoms with Gasteiger partial charge in [0.05, 0.1) is 22.6 Å². The number of amides is 2. The number of rotatable bonds is 7. The molecule has 0 bridgehead atoms. The van der Waals surface area contributed by atoms with Crippen LogP contribution in [0.4, 0.5) is 5.00 Å². The van der Waals surface area contributed by atoms with Crippen LogP contribution in [0.2, 0.25) is 10.0 Å². The molecule has 0 aliphatic heterocycles. The molecule has 0 radical (unpaired) electrons. The van der Waals surface area contributed by atoms with E-state index in [0.717, 1.165) is 11.3 Å². The maximum atomic E-state index is 12.4. The molecule has 166 valence electrons. The number of carbonyl (C=O) groups is 4. The van der Waals surface area contributed by atoms with Gasteiger partial charge in [0, 0.05) is 24.1 Å². The average Bonchev–Trinajstić information content (AvgIpc) is 3.00. The largest absolute Gasteiger partial charge is 0.462 e. The van der Waals surface area contributed by atoms with E-state index in [1.807, 2.05) is 0 Å². The first-order chi connectivity index (χ1) is 14.5. The standard InChI is InChI=1S/C20H20Cl2N2O6S/c1-5-29-20(28)15-10(2)16(18(26)24(3)4)31-17(15)23-14(25)9-30-19(27)11-6-12(21)8-13(22)7-11/h6-8H,5,9H2,1-4H3,(H,23,25). The molecule has 8 nitrogen and oxygen atoms in total. The number of carbonyl (C=O) groups excluding carboxylic acids is 4. The van der Waals surface area contributed by atoms with Crippen LogP contribution in [-0.4, -0.2) is 56.0 Å². The van der Waals surface area contributed by atoms with E-state index in [0.29, 0.717) is 5.56 Å². The van der Waals surface area contributed by atoms with Gasteiger partial charge in [-0.15, -0.1) is 11.3 Å². The van der Waals surface area contributed by atoms with Crippen LogP contribution >= 0.6 is 34.5 Å². The van der Waals surface area contributed by atoms with Crippen LogP contribution in [0.25, 0.3) is 0 Å². The summed E-state index contributed by atoms with van der Waals surface area (Å²) in [5.41, 5.74) is 0.560. The summed E-state index contributed by atoms with van der Waals surface area (Å²) in [5.74, 6) is -2.49. The van der Waals surface area contributed by atoms with Gasteiger partial charge in [0.15, 0.2) is 6.61 Å². The third-order valence-electron chi connectivity index (χ3n) is 3.91. The zero-order valence-corrected chi connectivity index (χ0v) is 19.5. The predicted octanol–water partition coefficient (Wildman–Crippen LogP) is 4.04. The number of benzene rings is 1. The zero-order valence-electron chi connectivity index (χ0n) is 17.2. The average molecular weight is 487 g/mol.